The Morgan fingerprint density at radius 3 is 2.21 bits per heavy atom. The summed E-state index contributed by atoms with van der Waals surface area (Å²) in [5.41, 5.74) is 3.67. The first-order chi connectivity index (χ1) is 15.8. The van der Waals surface area contributed by atoms with Crippen molar-refractivity contribution in [2.45, 2.75) is 20.4 Å². The van der Waals surface area contributed by atoms with Gasteiger partial charge >= 0.3 is 0 Å². The van der Waals surface area contributed by atoms with Crippen molar-refractivity contribution in [3.8, 4) is 5.75 Å². The number of benzene rings is 3. The second kappa shape index (κ2) is 8.86. The molecule has 3 aromatic rings. The predicted octanol–water partition coefficient (Wildman–Crippen LogP) is 4.98. The number of imide groups is 1. The number of aryl methyl sites for hydroxylation is 2. The number of rotatable bonds is 6. The lowest BCUT2D eigenvalue weighted by molar-refractivity contribution is -0.137. The van der Waals surface area contributed by atoms with Crippen molar-refractivity contribution in [2.24, 2.45) is 0 Å². The highest BCUT2D eigenvalue weighted by Gasteiger charge is 2.39. The Bertz CT molecular complexity index is 1280. The first-order valence-corrected chi connectivity index (χ1v) is 10.3. The van der Waals surface area contributed by atoms with Crippen LogP contribution in [0.1, 0.15) is 22.3 Å². The average molecular weight is 448 g/mol. The van der Waals surface area contributed by atoms with Crippen LogP contribution in [0, 0.1) is 25.5 Å². The Labute approximate surface area is 190 Å². The number of amides is 2. The van der Waals surface area contributed by atoms with Gasteiger partial charge < -0.3 is 10.1 Å². The summed E-state index contributed by atoms with van der Waals surface area (Å²) >= 11 is 0. The number of anilines is 1. The number of hydrogen-bond acceptors (Lipinski definition) is 4. The molecule has 1 aliphatic rings. The second-order valence-electron chi connectivity index (χ2n) is 7.85. The van der Waals surface area contributed by atoms with E-state index < -0.39 is 23.4 Å². The molecule has 1 N–H and O–H groups in total. The first-order valence-electron chi connectivity index (χ1n) is 10.3. The van der Waals surface area contributed by atoms with Gasteiger partial charge in [0.25, 0.3) is 11.8 Å². The third kappa shape index (κ3) is 4.35. The molecule has 2 amide bonds. The molecule has 0 radical (unpaired) electrons. The summed E-state index contributed by atoms with van der Waals surface area (Å²) in [6.07, 6.45) is 0. The highest BCUT2D eigenvalue weighted by atomic mass is 19.2. The van der Waals surface area contributed by atoms with Crippen LogP contribution in [0.4, 0.5) is 14.5 Å². The number of carbonyl (C=O) groups excluding carboxylic acids is 2. The third-order valence-electron chi connectivity index (χ3n) is 5.65. The van der Waals surface area contributed by atoms with Crippen molar-refractivity contribution in [1.29, 1.82) is 0 Å². The van der Waals surface area contributed by atoms with Gasteiger partial charge in [0.2, 0.25) is 0 Å². The van der Waals surface area contributed by atoms with E-state index in [0.717, 1.165) is 33.7 Å². The van der Waals surface area contributed by atoms with Crippen molar-refractivity contribution in [1.82, 2.24) is 4.90 Å². The maximum absolute atomic E-state index is 13.8. The van der Waals surface area contributed by atoms with Gasteiger partial charge in [0.15, 0.2) is 11.6 Å². The van der Waals surface area contributed by atoms with Crippen molar-refractivity contribution in [2.75, 3.05) is 12.4 Å². The van der Waals surface area contributed by atoms with E-state index in [1.807, 2.05) is 26.0 Å². The lowest BCUT2D eigenvalue weighted by Crippen LogP contribution is -2.32. The quantitative estimate of drug-likeness (QED) is 0.541. The van der Waals surface area contributed by atoms with Crippen molar-refractivity contribution >= 4 is 23.1 Å². The molecule has 7 heteroatoms. The van der Waals surface area contributed by atoms with E-state index in [-0.39, 0.29) is 23.5 Å². The minimum absolute atomic E-state index is 0.0165. The number of ether oxygens (including phenoxy) is 1. The standard InChI is InChI=1S/C26H22F2N2O3/c1-15-4-7-18(12-16(15)2)23-24(29-19-8-11-21(27)22(28)13-19)26(32)30(25(23)31)14-17-5-9-20(33-3)10-6-17/h4-13,29H,14H2,1-3H3. The molecule has 1 heterocycles. The topological polar surface area (TPSA) is 58.6 Å². The molecule has 0 saturated carbocycles. The number of hydrogen-bond donors (Lipinski definition) is 1. The highest BCUT2D eigenvalue weighted by molar-refractivity contribution is 6.36. The first kappa shape index (κ1) is 22.2. The molecule has 0 spiro atoms. The molecule has 3 aromatic carbocycles. The van der Waals surface area contributed by atoms with Crippen molar-refractivity contribution in [3.63, 3.8) is 0 Å². The molecular formula is C26H22F2N2O3. The smallest absolute Gasteiger partial charge is 0.278 e. The number of nitrogens with zero attached hydrogens (tertiary/aromatic N) is 1. The minimum Gasteiger partial charge on any atom is -0.497 e. The van der Waals surface area contributed by atoms with E-state index in [9.17, 15) is 18.4 Å². The van der Waals surface area contributed by atoms with Crippen LogP contribution in [0.2, 0.25) is 0 Å². The number of halogens is 2. The molecule has 0 bridgehead atoms. The summed E-state index contributed by atoms with van der Waals surface area (Å²) in [5, 5.41) is 2.85. The molecule has 0 saturated heterocycles. The van der Waals surface area contributed by atoms with Crippen LogP contribution in [0.5, 0.6) is 5.75 Å². The largest absolute Gasteiger partial charge is 0.497 e. The fourth-order valence-electron chi connectivity index (χ4n) is 3.63. The SMILES string of the molecule is COc1ccc(CN2C(=O)C(Nc3ccc(F)c(F)c3)=C(c3ccc(C)c(C)c3)C2=O)cc1. The Balaban J connectivity index is 1.74. The van der Waals surface area contributed by atoms with E-state index >= 15 is 0 Å². The van der Waals surface area contributed by atoms with Gasteiger partial charge in [-0.05, 0) is 60.4 Å². The summed E-state index contributed by atoms with van der Waals surface area (Å²) in [6, 6.07) is 15.7. The molecule has 0 aromatic heterocycles. The Kier molecular flexibility index (Phi) is 5.96. The summed E-state index contributed by atoms with van der Waals surface area (Å²) in [6.45, 7) is 3.92. The Hall–Kier alpha value is -4.00. The Morgan fingerprint density at radius 2 is 1.58 bits per heavy atom. The number of carbonyl (C=O) groups is 2. The molecule has 0 unspecified atom stereocenters. The lowest BCUT2D eigenvalue weighted by Gasteiger charge is -2.16. The molecule has 4 rings (SSSR count). The lowest BCUT2D eigenvalue weighted by atomic mass is 9.99. The highest BCUT2D eigenvalue weighted by Crippen LogP contribution is 2.32. The van der Waals surface area contributed by atoms with E-state index in [0.29, 0.717) is 11.3 Å². The molecular weight excluding hydrogens is 426 g/mol. The monoisotopic (exact) mass is 448 g/mol. The normalized spacial score (nSPS) is 13.7. The third-order valence-corrected chi connectivity index (χ3v) is 5.65. The molecule has 0 fully saturated rings. The van der Waals surface area contributed by atoms with Gasteiger partial charge in [0.1, 0.15) is 11.4 Å². The fourth-order valence-corrected chi connectivity index (χ4v) is 3.63. The van der Waals surface area contributed by atoms with Crippen LogP contribution in [-0.2, 0) is 16.1 Å². The average Bonchev–Trinajstić information content (AvgIpc) is 3.03. The zero-order chi connectivity index (χ0) is 23.7. The van der Waals surface area contributed by atoms with Gasteiger partial charge in [0, 0.05) is 11.8 Å². The minimum atomic E-state index is -1.06. The van der Waals surface area contributed by atoms with E-state index in [4.69, 9.17) is 4.74 Å². The van der Waals surface area contributed by atoms with Gasteiger partial charge in [-0.15, -0.1) is 0 Å². The van der Waals surface area contributed by atoms with E-state index in [2.05, 4.69) is 5.32 Å². The van der Waals surface area contributed by atoms with Gasteiger partial charge in [-0.3, -0.25) is 14.5 Å². The predicted molar refractivity (Wildman–Crippen MR) is 121 cm³/mol. The van der Waals surface area contributed by atoms with Crippen LogP contribution in [0.3, 0.4) is 0 Å². The fraction of sp³-hybridized carbons (Fsp3) is 0.154. The van der Waals surface area contributed by atoms with E-state index in [1.165, 1.54) is 6.07 Å². The summed E-state index contributed by atoms with van der Waals surface area (Å²) in [4.78, 5) is 27.9. The molecule has 0 atom stereocenters. The van der Waals surface area contributed by atoms with Crippen LogP contribution < -0.4 is 10.1 Å². The molecule has 0 aliphatic carbocycles. The summed E-state index contributed by atoms with van der Waals surface area (Å²) in [5.74, 6) is -2.41. The molecule has 168 valence electrons. The summed E-state index contributed by atoms with van der Waals surface area (Å²) in [7, 11) is 1.55. The van der Waals surface area contributed by atoms with Gasteiger partial charge in [-0.2, -0.15) is 0 Å². The van der Waals surface area contributed by atoms with Crippen LogP contribution >= 0.6 is 0 Å². The zero-order valence-corrected chi connectivity index (χ0v) is 18.4. The van der Waals surface area contributed by atoms with Crippen LogP contribution in [0.15, 0.2) is 66.4 Å². The molecule has 5 nitrogen and oxygen atoms in total. The Morgan fingerprint density at radius 1 is 0.848 bits per heavy atom. The summed E-state index contributed by atoms with van der Waals surface area (Å²) < 4.78 is 32.3. The van der Waals surface area contributed by atoms with Gasteiger partial charge in [-0.25, -0.2) is 8.78 Å². The van der Waals surface area contributed by atoms with E-state index in [1.54, 1.807) is 37.4 Å². The maximum atomic E-state index is 13.8. The zero-order valence-electron chi connectivity index (χ0n) is 18.4. The van der Waals surface area contributed by atoms with Crippen molar-refractivity contribution in [3.05, 3.63) is 100 Å². The number of nitrogens with one attached hydrogen (secondary N) is 1. The molecule has 33 heavy (non-hydrogen) atoms. The van der Waals surface area contributed by atoms with Gasteiger partial charge in [0.05, 0.1) is 19.2 Å². The van der Waals surface area contributed by atoms with Gasteiger partial charge in [-0.1, -0.05) is 30.3 Å². The maximum Gasteiger partial charge on any atom is 0.278 e. The second-order valence-corrected chi connectivity index (χ2v) is 7.85. The van der Waals surface area contributed by atoms with Crippen LogP contribution in [-0.4, -0.2) is 23.8 Å². The number of methoxy groups -OCH3 is 1. The van der Waals surface area contributed by atoms with Crippen LogP contribution in [0.25, 0.3) is 5.57 Å². The van der Waals surface area contributed by atoms with Crippen molar-refractivity contribution < 1.29 is 23.1 Å². The molecule has 1 aliphatic heterocycles.